The molecule has 2 heteroatoms. The minimum atomic E-state index is 0.0591. The topological polar surface area (TPSA) is 8.17 Å². The largest absolute Gasteiger partial charge is 0.314 e. The second kappa shape index (κ2) is 13.1. The third-order valence-corrected chi connectivity index (χ3v) is 9.76. The molecule has 0 spiro atoms. The molecular weight excluding hydrogens is 593 g/mol. The molecule has 0 atom stereocenters. The fraction of sp³-hybridized carbons (Fsp3) is 0.149. The van der Waals surface area contributed by atoms with Crippen LogP contribution in [0.1, 0.15) is 46.6 Å². The van der Waals surface area contributed by atoms with Gasteiger partial charge in [-0.05, 0) is 101 Å². The zero-order valence-electron chi connectivity index (χ0n) is 29.2. The maximum absolute atomic E-state index is 4.16. The van der Waals surface area contributed by atoms with Gasteiger partial charge in [0.1, 0.15) is 0 Å². The van der Waals surface area contributed by atoms with Crippen molar-refractivity contribution in [3.05, 3.63) is 175 Å². The number of hydrogen-bond acceptors (Lipinski definition) is 1. The first-order valence-corrected chi connectivity index (χ1v) is 17.3. The van der Waals surface area contributed by atoms with E-state index in [-0.39, 0.29) is 5.41 Å². The normalized spacial score (nSPS) is 12.3. The van der Waals surface area contributed by atoms with Crippen molar-refractivity contribution in [2.45, 2.75) is 46.5 Å². The van der Waals surface area contributed by atoms with Crippen LogP contribution < -0.4 is 4.90 Å². The van der Waals surface area contributed by atoms with E-state index in [9.17, 15) is 0 Å². The summed E-state index contributed by atoms with van der Waals surface area (Å²) in [5.41, 5.74) is 14.5. The number of aromatic nitrogens is 1. The first-order chi connectivity index (χ1) is 23.8. The van der Waals surface area contributed by atoms with Gasteiger partial charge in [-0.15, -0.1) is 0 Å². The number of nitrogens with zero attached hydrogens (tertiary/aromatic N) is 2. The van der Waals surface area contributed by atoms with Crippen LogP contribution >= 0.6 is 0 Å². The fourth-order valence-electron chi connectivity index (χ4n) is 7.06. The number of anilines is 2. The van der Waals surface area contributed by atoms with Crippen molar-refractivity contribution in [1.82, 2.24) is 4.57 Å². The van der Waals surface area contributed by atoms with E-state index >= 15 is 0 Å². The summed E-state index contributed by atoms with van der Waals surface area (Å²) < 4.78 is 2.39. The molecule has 0 aliphatic carbocycles. The Balaban J connectivity index is 1.36. The van der Waals surface area contributed by atoms with Crippen molar-refractivity contribution in [1.29, 1.82) is 0 Å². The average Bonchev–Trinajstić information content (AvgIpc) is 3.46. The number of benzene rings is 6. The van der Waals surface area contributed by atoms with Gasteiger partial charge in [0.25, 0.3) is 0 Å². The lowest BCUT2D eigenvalue weighted by molar-refractivity contribution is 0.591. The van der Waals surface area contributed by atoms with Crippen LogP contribution in [-0.2, 0) is 5.41 Å². The second-order valence-corrected chi connectivity index (χ2v) is 13.8. The molecule has 0 amide bonds. The fourth-order valence-corrected chi connectivity index (χ4v) is 7.06. The van der Waals surface area contributed by atoms with Gasteiger partial charge < -0.3 is 9.47 Å². The van der Waals surface area contributed by atoms with Gasteiger partial charge in [0.05, 0.1) is 16.7 Å². The highest BCUT2D eigenvalue weighted by Gasteiger charge is 2.20. The molecule has 0 fully saturated rings. The summed E-state index contributed by atoms with van der Waals surface area (Å²) in [6, 6.07) is 53.0. The molecule has 0 saturated heterocycles. The Labute approximate surface area is 291 Å². The van der Waals surface area contributed by atoms with Crippen molar-refractivity contribution < 1.29 is 0 Å². The molecule has 1 heterocycles. The van der Waals surface area contributed by atoms with Crippen LogP contribution in [-0.4, -0.2) is 4.57 Å². The maximum Gasteiger partial charge on any atom is 0.0541 e. The zero-order valence-corrected chi connectivity index (χ0v) is 29.2. The quantitative estimate of drug-likeness (QED) is 0.151. The summed E-state index contributed by atoms with van der Waals surface area (Å²) in [4.78, 5) is 2.39. The van der Waals surface area contributed by atoms with Crippen LogP contribution in [0.2, 0.25) is 0 Å². The van der Waals surface area contributed by atoms with Gasteiger partial charge in [-0.25, -0.2) is 0 Å². The average molecular weight is 637 g/mol. The van der Waals surface area contributed by atoms with Crippen molar-refractivity contribution >= 4 is 33.2 Å². The molecule has 0 aliphatic heterocycles. The summed E-state index contributed by atoms with van der Waals surface area (Å²) in [6.45, 7) is 15.4. The highest BCUT2D eigenvalue weighted by atomic mass is 15.1. The molecule has 7 aromatic rings. The Morgan fingerprint density at radius 2 is 1.24 bits per heavy atom. The van der Waals surface area contributed by atoms with E-state index in [2.05, 4.69) is 196 Å². The minimum absolute atomic E-state index is 0.0591. The lowest BCUT2D eigenvalue weighted by atomic mass is 9.86. The predicted octanol–water partition coefficient (Wildman–Crippen LogP) is 13.4. The van der Waals surface area contributed by atoms with Crippen LogP contribution in [0.3, 0.4) is 0 Å². The molecule has 0 N–H and O–H groups in total. The monoisotopic (exact) mass is 636 g/mol. The van der Waals surface area contributed by atoms with E-state index in [0.717, 1.165) is 17.8 Å². The Morgan fingerprint density at radius 1 is 0.653 bits per heavy atom. The Morgan fingerprint density at radius 3 is 1.90 bits per heavy atom. The lowest BCUT2D eigenvalue weighted by Crippen LogP contribution is -2.17. The van der Waals surface area contributed by atoms with Crippen molar-refractivity contribution in [2.24, 2.45) is 0 Å². The van der Waals surface area contributed by atoms with Gasteiger partial charge in [-0.2, -0.15) is 0 Å². The molecule has 0 saturated carbocycles. The summed E-state index contributed by atoms with van der Waals surface area (Å²) in [6.07, 6.45) is 2.90. The Bertz CT molecular complexity index is 2300. The molecule has 6 aromatic carbocycles. The van der Waals surface area contributed by atoms with E-state index < -0.39 is 0 Å². The zero-order chi connectivity index (χ0) is 34.1. The summed E-state index contributed by atoms with van der Waals surface area (Å²) in [7, 11) is 0. The van der Waals surface area contributed by atoms with Crippen LogP contribution in [0, 0.1) is 0 Å². The molecular formula is C47H44N2. The van der Waals surface area contributed by atoms with Gasteiger partial charge in [0.15, 0.2) is 0 Å². The lowest BCUT2D eigenvalue weighted by Gasteiger charge is -2.30. The predicted molar refractivity (Wildman–Crippen MR) is 212 cm³/mol. The van der Waals surface area contributed by atoms with E-state index in [1.165, 1.54) is 66.6 Å². The summed E-state index contributed by atoms with van der Waals surface area (Å²) in [5.74, 6) is 0. The van der Waals surface area contributed by atoms with E-state index in [1.54, 1.807) is 0 Å². The Kier molecular flexibility index (Phi) is 8.57. The van der Waals surface area contributed by atoms with Crippen molar-refractivity contribution in [3.8, 4) is 27.9 Å². The van der Waals surface area contributed by atoms with E-state index in [0.29, 0.717) is 0 Å². The number of hydrogen-bond donors (Lipinski definition) is 0. The van der Waals surface area contributed by atoms with Gasteiger partial charge >= 0.3 is 0 Å². The molecule has 0 aliphatic rings. The van der Waals surface area contributed by atoms with Crippen LogP contribution in [0.4, 0.5) is 11.4 Å². The highest BCUT2D eigenvalue weighted by molar-refractivity contribution is 6.10. The molecule has 1 aromatic heterocycles. The summed E-state index contributed by atoms with van der Waals surface area (Å²) >= 11 is 0. The van der Waals surface area contributed by atoms with Gasteiger partial charge in [-0.1, -0.05) is 131 Å². The van der Waals surface area contributed by atoms with Crippen molar-refractivity contribution in [3.63, 3.8) is 0 Å². The second-order valence-electron chi connectivity index (χ2n) is 13.8. The molecule has 49 heavy (non-hydrogen) atoms. The van der Waals surface area contributed by atoms with Crippen LogP contribution in [0.5, 0.6) is 0 Å². The maximum atomic E-state index is 4.16. The van der Waals surface area contributed by atoms with Gasteiger partial charge in [-0.3, -0.25) is 0 Å². The first-order valence-electron chi connectivity index (χ1n) is 17.3. The first kappa shape index (κ1) is 32.0. The Hall–Kier alpha value is -5.60. The van der Waals surface area contributed by atoms with Crippen LogP contribution in [0.25, 0.3) is 49.7 Å². The molecule has 0 unspecified atom stereocenters. The minimum Gasteiger partial charge on any atom is -0.314 e. The van der Waals surface area contributed by atoms with E-state index in [4.69, 9.17) is 0 Å². The summed E-state index contributed by atoms with van der Waals surface area (Å²) in [5, 5.41) is 2.55. The van der Waals surface area contributed by atoms with Gasteiger partial charge in [0, 0.05) is 33.4 Å². The number of allylic oxidation sites excluding steroid dienone is 3. The molecule has 7 rings (SSSR count). The molecule has 0 radical (unpaired) electrons. The van der Waals surface area contributed by atoms with E-state index in [1.807, 2.05) is 6.08 Å². The number of rotatable bonds is 8. The molecule has 2 nitrogen and oxygen atoms in total. The number of para-hydroxylation sites is 2. The third-order valence-electron chi connectivity index (χ3n) is 9.76. The van der Waals surface area contributed by atoms with Crippen molar-refractivity contribution in [2.75, 3.05) is 4.90 Å². The van der Waals surface area contributed by atoms with Gasteiger partial charge in [0.2, 0.25) is 0 Å². The van der Waals surface area contributed by atoms with Crippen LogP contribution in [0.15, 0.2) is 170 Å². The molecule has 0 bridgehead atoms. The highest BCUT2D eigenvalue weighted by Crippen LogP contribution is 2.41. The standard InChI is InChI=1S/C47H44N2/c1-7-34(8-2)33(3)48(44-22-16-15-21-41(44)36-17-11-9-12-18-36)40-27-23-35(24-28-40)37-25-29-45-42(31-37)43-32-38(47(4,5)6)26-30-46(43)49(45)39-19-13-10-14-20-39/h7,9-32H,1,8H2,2-6H3/b34-33-. The SMILES string of the molecule is C=C/C(CC)=C(\C)N(c1ccc(-c2ccc3c(c2)c2cc(C(C)(C)C)ccc2n3-c2ccccc2)cc1)c1ccccc1-c1ccccc1. The number of fused-ring (bicyclic) bond motifs is 3. The smallest absolute Gasteiger partial charge is 0.0541 e. The third kappa shape index (κ3) is 6.00. The molecule has 242 valence electrons.